The number of aliphatic imine (C=N–C) groups is 1. The van der Waals surface area contributed by atoms with Crippen molar-refractivity contribution in [3.05, 3.63) is 24.1 Å². The van der Waals surface area contributed by atoms with E-state index in [0.29, 0.717) is 24.6 Å². The molecular formula is C10H10N2O3. The molecule has 1 aliphatic rings. The molecule has 1 aliphatic heterocycles. The standard InChI is InChI=1S/C10H10N2O3/c1-2-14-10(13)9-5-7(6-11-9)8-3-4-15-12-8/h3-5H,2,6H2,1H3. The normalized spacial score (nSPS) is 14.7. The van der Waals surface area contributed by atoms with E-state index < -0.39 is 5.97 Å². The van der Waals surface area contributed by atoms with Crippen molar-refractivity contribution in [3.63, 3.8) is 0 Å². The van der Waals surface area contributed by atoms with Gasteiger partial charge in [0.15, 0.2) is 0 Å². The molecule has 0 unspecified atom stereocenters. The second-order valence-electron chi connectivity index (χ2n) is 2.98. The van der Waals surface area contributed by atoms with Gasteiger partial charge in [-0.2, -0.15) is 0 Å². The first-order valence-corrected chi connectivity index (χ1v) is 4.64. The highest BCUT2D eigenvalue weighted by atomic mass is 16.5. The van der Waals surface area contributed by atoms with Crippen LogP contribution in [0.1, 0.15) is 12.6 Å². The van der Waals surface area contributed by atoms with Crippen LogP contribution < -0.4 is 0 Å². The van der Waals surface area contributed by atoms with E-state index in [1.165, 1.54) is 6.26 Å². The number of aromatic nitrogens is 1. The molecule has 2 heterocycles. The van der Waals surface area contributed by atoms with E-state index in [0.717, 1.165) is 5.57 Å². The average molecular weight is 206 g/mol. The van der Waals surface area contributed by atoms with Crippen LogP contribution in [0.15, 0.2) is 27.9 Å². The molecule has 1 aromatic heterocycles. The monoisotopic (exact) mass is 206 g/mol. The zero-order valence-electron chi connectivity index (χ0n) is 8.27. The Labute approximate surface area is 86.4 Å². The summed E-state index contributed by atoms with van der Waals surface area (Å²) < 4.78 is 9.55. The van der Waals surface area contributed by atoms with Crippen LogP contribution in [0.25, 0.3) is 5.57 Å². The first kappa shape index (κ1) is 9.64. The van der Waals surface area contributed by atoms with Crippen molar-refractivity contribution >= 4 is 17.3 Å². The van der Waals surface area contributed by atoms with Gasteiger partial charge in [-0.25, -0.2) is 4.79 Å². The zero-order valence-corrected chi connectivity index (χ0v) is 8.27. The van der Waals surface area contributed by atoms with Gasteiger partial charge >= 0.3 is 5.97 Å². The number of esters is 1. The van der Waals surface area contributed by atoms with Gasteiger partial charge in [0.25, 0.3) is 0 Å². The lowest BCUT2D eigenvalue weighted by Gasteiger charge is -1.97. The minimum absolute atomic E-state index is 0.342. The second kappa shape index (κ2) is 4.08. The molecule has 5 nitrogen and oxygen atoms in total. The molecule has 0 atom stereocenters. The van der Waals surface area contributed by atoms with E-state index in [-0.39, 0.29) is 0 Å². The highest BCUT2D eigenvalue weighted by molar-refractivity contribution is 6.43. The summed E-state index contributed by atoms with van der Waals surface area (Å²) in [4.78, 5) is 15.4. The first-order valence-electron chi connectivity index (χ1n) is 4.64. The fourth-order valence-corrected chi connectivity index (χ4v) is 1.29. The summed E-state index contributed by atoms with van der Waals surface area (Å²) in [6.45, 7) is 2.56. The van der Waals surface area contributed by atoms with Crippen LogP contribution in [0.5, 0.6) is 0 Å². The van der Waals surface area contributed by atoms with Gasteiger partial charge in [0.2, 0.25) is 0 Å². The van der Waals surface area contributed by atoms with Gasteiger partial charge in [-0.05, 0) is 13.0 Å². The second-order valence-corrected chi connectivity index (χ2v) is 2.98. The molecule has 0 spiro atoms. The summed E-state index contributed by atoms with van der Waals surface area (Å²) in [5, 5.41) is 3.77. The Balaban J connectivity index is 2.10. The fraction of sp³-hybridized carbons (Fsp3) is 0.300. The third-order valence-corrected chi connectivity index (χ3v) is 1.98. The molecule has 0 aromatic carbocycles. The van der Waals surface area contributed by atoms with Crippen molar-refractivity contribution in [3.8, 4) is 0 Å². The summed E-state index contributed by atoms with van der Waals surface area (Å²) in [7, 11) is 0. The van der Waals surface area contributed by atoms with Crippen molar-refractivity contribution in [2.75, 3.05) is 13.2 Å². The lowest BCUT2D eigenvalue weighted by Crippen LogP contribution is -2.13. The number of carbonyl (C=O) groups excluding carboxylic acids is 1. The van der Waals surface area contributed by atoms with Gasteiger partial charge in [0.1, 0.15) is 17.7 Å². The van der Waals surface area contributed by atoms with Gasteiger partial charge in [0, 0.05) is 11.6 Å². The number of carbonyl (C=O) groups is 1. The number of hydrogen-bond donors (Lipinski definition) is 0. The van der Waals surface area contributed by atoms with Crippen molar-refractivity contribution in [2.45, 2.75) is 6.92 Å². The van der Waals surface area contributed by atoms with Gasteiger partial charge in [-0.1, -0.05) is 5.16 Å². The Morgan fingerprint density at radius 3 is 3.20 bits per heavy atom. The van der Waals surface area contributed by atoms with Crippen molar-refractivity contribution < 1.29 is 14.1 Å². The van der Waals surface area contributed by atoms with Gasteiger partial charge in [-0.15, -0.1) is 0 Å². The van der Waals surface area contributed by atoms with Crippen LogP contribution in [0.2, 0.25) is 0 Å². The lowest BCUT2D eigenvalue weighted by atomic mass is 10.2. The minimum atomic E-state index is -0.393. The number of ether oxygens (including phenoxy) is 1. The van der Waals surface area contributed by atoms with E-state index in [4.69, 9.17) is 9.26 Å². The van der Waals surface area contributed by atoms with Crippen molar-refractivity contribution in [1.82, 2.24) is 5.16 Å². The van der Waals surface area contributed by atoms with Crippen LogP contribution in [0.4, 0.5) is 0 Å². The maximum Gasteiger partial charge on any atom is 0.356 e. The summed E-state index contributed by atoms with van der Waals surface area (Å²) in [5.74, 6) is -0.393. The zero-order chi connectivity index (χ0) is 10.7. The van der Waals surface area contributed by atoms with Crippen LogP contribution in [0, 0.1) is 0 Å². The Kier molecular flexibility index (Phi) is 2.62. The number of hydrogen-bond acceptors (Lipinski definition) is 5. The lowest BCUT2D eigenvalue weighted by molar-refractivity contribution is -0.134. The fourth-order valence-electron chi connectivity index (χ4n) is 1.29. The highest BCUT2D eigenvalue weighted by Gasteiger charge is 2.18. The Hall–Kier alpha value is -1.91. The molecule has 0 bridgehead atoms. The maximum absolute atomic E-state index is 11.3. The SMILES string of the molecule is CCOC(=O)C1=NCC(c2ccon2)=C1. The third kappa shape index (κ3) is 1.96. The largest absolute Gasteiger partial charge is 0.461 e. The van der Waals surface area contributed by atoms with E-state index in [1.807, 2.05) is 0 Å². The predicted octanol–water partition coefficient (Wildman–Crippen LogP) is 1.08. The van der Waals surface area contributed by atoms with E-state index in [2.05, 4.69) is 10.1 Å². The Bertz CT molecular complexity index is 418. The molecule has 5 heteroatoms. The number of rotatable bonds is 3. The van der Waals surface area contributed by atoms with E-state index in [1.54, 1.807) is 19.1 Å². The quantitative estimate of drug-likeness (QED) is 0.694. The van der Waals surface area contributed by atoms with Crippen LogP contribution in [0.3, 0.4) is 0 Å². The summed E-state index contributed by atoms with van der Waals surface area (Å²) in [5.41, 5.74) is 1.92. The van der Waals surface area contributed by atoms with Crippen molar-refractivity contribution in [1.29, 1.82) is 0 Å². The average Bonchev–Trinajstić information content (AvgIpc) is 2.89. The van der Waals surface area contributed by atoms with E-state index in [9.17, 15) is 4.79 Å². The molecule has 0 aliphatic carbocycles. The highest BCUT2D eigenvalue weighted by Crippen LogP contribution is 2.17. The van der Waals surface area contributed by atoms with Gasteiger partial charge in [0.05, 0.1) is 13.2 Å². The molecule has 2 rings (SSSR count). The van der Waals surface area contributed by atoms with Crippen LogP contribution in [-0.2, 0) is 9.53 Å². The molecule has 0 saturated heterocycles. The molecule has 0 fully saturated rings. The Morgan fingerprint density at radius 2 is 2.53 bits per heavy atom. The summed E-state index contributed by atoms with van der Waals surface area (Å²) >= 11 is 0. The number of nitrogens with zero attached hydrogens (tertiary/aromatic N) is 2. The summed E-state index contributed by atoms with van der Waals surface area (Å²) in [6, 6.07) is 1.73. The predicted molar refractivity (Wildman–Crippen MR) is 53.4 cm³/mol. The maximum atomic E-state index is 11.3. The first-order chi connectivity index (χ1) is 7.31. The molecule has 78 valence electrons. The molecule has 1 aromatic rings. The molecule has 0 N–H and O–H groups in total. The molecular weight excluding hydrogens is 196 g/mol. The van der Waals surface area contributed by atoms with Gasteiger partial charge in [-0.3, -0.25) is 4.99 Å². The minimum Gasteiger partial charge on any atom is -0.461 e. The third-order valence-electron chi connectivity index (χ3n) is 1.98. The van der Waals surface area contributed by atoms with Crippen LogP contribution >= 0.6 is 0 Å². The molecule has 15 heavy (non-hydrogen) atoms. The molecule has 0 saturated carbocycles. The Morgan fingerprint density at radius 1 is 1.67 bits per heavy atom. The van der Waals surface area contributed by atoms with E-state index >= 15 is 0 Å². The van der Waals surface area contributed by atoms with Gasteiger partial charge < -0.3 is 9.26 Å². The van der Waals surface area contributed by atoms with Crippen molar-refractivity contribution in [2.24, 2.45) is 4.99 Å². The molecule has 0 amide bonds. The smallest absolute Gasteiger partial charge is 0.356 e. The molecule has 0 radical (unpaired) electrons. The topological polar surface area (TPSA) is 64.7 Å². The van der Waals surface area contributed by atoms with Crippen LogP contribution in [-0.4, -0.2) is 30.0 Å². The summed E-state index contributed by atoms with van der Waals surface area (Å²) in [6.07, 6.45) is 3.16.